The van der Waals surface area contributed by atoms with Gasteiger partial charge in [-0.15, -0.1) is 0 Å². The summed E-state index contributed by atoms with van der Waals surface area (Å²) in [5.41, 5.74) is 2.04. The van der Waals surface area contributed by atoms with Gasteiger partial charge in [-0.1, -0.05) is 13.0 Å². The van der Waals surface area contributed by atoms with Crippen LogP contribution in [0.3, 0.4) is 0 Å². The van der Waals surface area contributed by atoms with Crippen LogP contribution in [0.2, 0.25) is 0 Å². The lowest BCUT2D eigenvalue weighted by molar-refractivity contribution is -0.141. The van der Waals surface area contributed by atoms with Gasteiger partial charge in [0.1, 0.15) is 23.2 Å². The van der Waals surface area contributed by atoms with E-state index < -0.39 is 11.9 Å². The Bertz CT molecular complexity index is 1160. The van der Waals surface area contributed by atoms with E-state index in [1.165, 1.54) is 12.3 Å². The normalized spacial score (nSPS) is 16.0. The number of halogens is 3. The van der Waals surface area contributed by atoms with E-state index in [0.29, 0.717) is 42.9 Å². The Morgan fingerprint density at radius 1 is 1.12 bits per heavy atom. The SMILES string of the molecule is CC[C@@H]1C(=O)Nc2c(C)nc(CCc3cnn(Cc4ccc(C(F)(F)F)nc4)c3)nc2N1C. The zero-order chi connectivity index (χ0) is 23.8. The van der Waals surface area contributed by atoms with E-state index in [1.807, 2.05) is 32.0 Å². The minimum atomic E-state index is -4.45. The number of aromatic nitrogens is 5. The molecule has 0 saturated carbocycles. The average molecular weight is 459 g/mol. The Balaban J connectivity index is 1.42. The van der Waals surface area contributed by atoms with Crippen LogP contribution in [-0.2, 0) is 30.4 Å². The Morgan fingerprint density at radius 2 is 1.91 bits per heavy atom. The fraction of sp³-hybridized carbons (Fsp3) is 0.409. The lowest BCUT2D eigenvalue weighted by atomic mass is 10.1. The van der Waals surface area contributed by atoms with Gasteiger partial charge in [0.15, 0.2) is 5.82 Å². The Morgan fingerprint density at radius 3 is 2.58 bits per heavy atom. The average Bonchev–Trinajstić information content (AvgIpc) is 3.20. The predicted molar refractivity (Wildman–Crippen MR) is 116 cm³/mol. The maximum absolute atomic E-state index is 12.7. The maximum atomic E-state index is 12.7. The van der Waals surface area contributed by atoms with Gasteiger partial charge in [0.2, 0.25) is 5.91 Å². The molecule has 3 aromatic heterocycles. The second-order valence-electron chi connectivity index (χ2n) is 8.04. The molecule has 1 aliphatic heterocycles. The van der Waals surface area contributed by atoms with Crippen molar-refractivity contribution >= 4 is 17.4 Å². The van der Waals surface area contributed by atoms with Crippen LogP contribution in [0.1, 0.15) is 41.7 Å². The van der Waals surface area contributed by atoms with E-state index >= 15 is 0 Å². The molecule has 3 aromatic rings. The van der Waals surface area contributed by atoms with E-state index in [-0.39, 0.29) is 11.9 Å². The van der Waals surface area contributed by atoms with E-state index in [9.17, 15) is 18.0 Å². The number of anilines is 2. The molecule has 8 nitrogen and oxygen atoms in total. The van der Waals surface area contributed by atoms with Crippen molar-refractivity contribution in [1.82, 2.24) is 24.7 Å². The van der Waals surface area contributed by atoms with E-state index in [4.69, 9.17) is 0 Å². The molecule has 174 valence electrons. The van der Waals surface area contributed by atoms with Gasteiger partial charge < -0.3 is 10.2 Å². The fourth-order valence-corrected chi connectivity index (χ4v) is 3.87. The molecule has 33 heavy (non-hydrogen) atoms. The summed E-state index contributed by atoms with van der Waals surface area (Å²) in [4.78, 5) is 26.9. The van der Waals surface area contributed by atoms with Crippen LogP contribution in [0.25, 0.3) is 0 Å². The Labute approximate surface area is 188 Å². The number of amides is 1. The van der Waals surface area contributed by atoms with Crippen LogP contribution in [0.15, 0.2) is 30.7 Å². The summed E-state index contributed by atoms with van der Waals surface area (Å²) < 4.78 is 39.6. The van der Waals surface area contributed by atoms with Crippen LogP contribution in [0.4, 0.5) is 24.7 Å². The number of fused-ring (bicyclic) bond motifs is 1. The molecule has 1 atom stereocenters. The quantitative estimate of drug-likeness (QED) is 0.608. The number of nitrogens with one attached hydrogen (secondary N) is 1. The molecule has 0 bridgehead atoms. The van der Waals surface area contributed by atoms with E-state index in [1.54, 1.807) is 10.9 Å². The first-order chi connectivity index (χ1) is 15.7. The first kappa shape index (κ1) is 22.7. The molecule has 11 heteroatoms. The molecule has 0 fully saturated rings. The lowest BCUT2D eigenvalue weighted by Crippen LogP contribution is -2.46. The van der Waals surface area contributed by atoms with Crippen molar-refractivity contribution in [3.05, 3.63) is 59.1 Å². The molecule has 1 amide bonds. The number of aryl methyl sites for hydroxylation is 3. The van der Waals surface area contributed by atoms with Crippen molar-refractivity contribution in [2.45, 2.75) is 51.9 Å². The van der Waals surface area contributed by atoms with Crippen LogP contribution < -0.4 is 10.2 Å². The molecule has 4 heterocycles. The summed E-state index contributed by atoms with van der Waals surface area (Å²) in [6, 6.07) is 2.11. The number of hydrogen-bond donors (Lipinski definition) is 1. The van der Waals surface area contributed by atoms with Crippen molar-refractivity contribution in [3.63, 3.8) is 0 Å². The number of nitrogens with zero attached hydrogens (tertiary/aromatic N) is 6. The molecule has 0 aliphatic carbocycles. The molecule has 0 saturated heterocycles. The first-order valence-electron chi connectivity index (χ1n) is 10.6. The first-order valence-corrected chi connectivity index (χ1v) is 10.6. The predicted octanol–water partition coefficient (Wildman–Crippen LogP) is 3.40. The number of likely N-dealkylation sites (N-methyl/N-ethyl adjacent to an activating group) is 1. The zero-order valence-corrected chi connectivity index (χ0v) is 18.5. The highest BCUT2D eigenvalue weighted by Crippen LogP contribution is 2.32. The topological polar surface area (TPSA) is 88.8 Å². The van der Waals surface area contributed by atoms with Crippen molar-refractivity contribution in [2.75, 3.05) is 17.3 Å². The molecule has 0 radical (unpaired) electrons. The second-order valence-corrected chi connectivity index (χ2v) is 8.04. The van der Waals surface area contributed by atoms with Gasteiger partial charge in [0.05, 0.1) is 18.4 Å². The van der Waals surface area contributed by atoms with Gasteiger partial charge in [0.25, 0.3) is 0 Å². The number of pyridine rings is 1. The van der Waals surface area contributed by atoms with Crippen molar-refractivity contribution in [1.29, 1.82) is 0 Å². The summed E-state index contributed by atoms with van der Waals surface area (Å²) in [7, 11) is 1.86. The highest BCUT2D eigenvalue weighted by atomic mass is 19.4. The summed E-state index contributed by atoms with van der Waals surface area (Å²) in [6.07, 6.45) is 2.24. The molecular weight excluding hydrogens is 435 g/mol. The third-order valence-corrected chi connectivity index (χ3v) is 5.64. The van der Waals surface area contributed by atoms with E-state index in [0.717, 1.165) is 23.1 Å². The number of rotatable bonds is 6. The van der Waals surface area contributed by atoms with Crippen molar-refractivity contribution in [3.8, 4) is 0 Å². The Hall–Kier alpha value is -3.50. The second kappa shape index (κ2) is 8.80. The highest BCUT2D eigenvalue weighted by molar-refractivity contribution is 6.03. The van der Waals surface area contributed by atoms with Gasteiger partial charge in [-0.2, -0.15) is 18.3 Å². The third kappa shape index (κ3) is 4.81. The minimum Gasteiger partial charge on any atom is -0.346 e. The summed E-state index contributed by atoms with van der Waals surface area (Å²) in [5, 5.41) is 7.21. The molecule has 4 rings (SSSR count). The van der Waals surface area contributed by atoms with Crippen molar-refractivity contribution in [2.24, 2.45) is 0 Å². The molecule has 1 aliphatic rings. The van der Waals surface area contributed by atoms with Gasteiger partial charge >= 0.3 is 6.18 Å². The molecule has 1 N–H and O–H groups in total. The van der Waals surface area contributed by atoms with Gasteiger partial charge in [0, 0.05) is 25.9 Å². The van der Waals surface area contributed by atoms with Crippen molar-refractivity contribution < 1.29 is 18.0 Å². The number of carbonyl (C=O) groups excluding carboxylic acids is 1. The summed E-state index contributed by atoms with van der Waals surface area (Å²) >= 11 is 0. The fourth-order valence-electron chi connectivity index (χ4n) is 3.87. The monoisotopic (exact) mass is 459 g/mol. The van der Waals surface area contributed by atoms with Crippen LogP contribution in [0, 0.1) is 6.92 Å². The summed E-state index contributed by atoms with van der Waals surface area (Å²) in [5.74, 6) is 1.33. The maximum Gasteiger partial charge on any atom is 0.433 e. The zero-order valence-electron chi connectivity index (χ0n) is 18.5. The molecule has 0 unspecified atom stereocenters. The molecular formula is C22H24F3N7O. The third-order valence-electron chi connectivity index (χ3n) is 5.64. The molecule has 0 spiro atoms. The van der Waals surface area contributed by atoms with Crippen LogP contribution >= 0.6 is 0 Å². The standard InChI is InChI=1S/C22H24F3N7O/c1-4-16-21(33)30-19-13(2)28-18(29-20(19)31(16)3)8-6-15-10-27-32(12-15)11-14-5-7-17(26-9-14)22(23,24)25/h5,7,9-10,12,16H,4,6,8,11H2,1-3H3,(H,30,33)/t16-/m1/s1. The smallest absolute Gasteiger partial charge is 0.346 e. The van der Waals surface area contributed by atoms with Crippen LogP contribution in [-0.4, -0.2) is 43.7 Å². The highest BCUT2D eigenvalue weighted by Gasteiger charge is 2.33. The largest absolute Gasteiger partial charge is 0.433 e. The Kier molecular flexibility index (Phi) is 6.05. The van der Waals surface area contributed by atoms with Gasteiger partial charge in [-0.25, -0.2) is 9.97 Å². The summed E-state index contributed by atoms with van der Waals surface area (Å²) in [6.45, 7) is 4.13. The molecule has 0 aromatic carbocycles. The van der Waals surface area contributed by atoms with Gasteiger partial charge in [-0.3, -0.25) is 14.5 Å². The number of carbonyl (C=O) groups is 1. The lowest BCUT2D eigenvalue weighted by Gasteiger charge is -2.34. The van der Waals surface area contributed by atoms with Gasteiger partial charge in [-0.05, 0) is 37.0 Å². The van der Waals surface area contributed by atoms with Crippen LogP contribution in [0.5, 0.6) is 0 Å². The minimum absolute atomic E-state index is 0.0531. The number of hydrogen-bond acceptors (Lipinski definition) is 6. The number of alkyl halides is 3. The van der Waals surface area contributed by atoms with E-state index in [2.05, 4.69) is 25.4 Å².